The molecular formula is C17H27NO. The van der Waals surface area contributed by atoms with Crippen molar-refractivity contribution < 1.29 is 4.74 Å². The van der Waals surface area contributed by atoms with Gasteiger partial charge in [-0.3, -0.25) is 0 Å². The minimum absolute atomic E-state index is 0.708. The highest BCUT2D eigenvalue weighted by molar-refractivity contribution is 5.28. The van der Waals surface area contributed by atoms with Crippen molar-refractivity contribution in [1.29, 1.82) is 0 Å². The van der Waals surface area contributed by atoms with Crippen molar-refractivity contribution in [2.75, 3.05) is 13.7 Å². The van der Waals surface area contributed by atoms with Crippen molar-refractivity contribution in [2.24, 2.45) is 5.92 Å². The molecule has 1 aliphatic rings. The van der Waals surface area contributed by atoms with Gasteiger partial charge in [-0.2, -0.15) is 0 Å². The van der Waals surface area contributed by atoms with E-state index in [-0.39, 0.29) is 0 Å². The van der Waals surface area contributed by atoms with Crippen LogP contribution in [0.3, 0.4) is 0 Å². The van der Waals surface area contributed by atoms with Crippen molar-refractivity contribution in [1.82, 2.24) is 5.32 Å². The van der Waals surface area contributed by atoms with Crippen molar-refractivity contribution in [2.45, 2.75) is 51.5 Å². The highest BCUT2D eigenvalue weighted by Crippen LogP contribution is 2.28. The Morgan fingerprint density at radius 3 is 2.89 bits per heavy atom. The highest BCUT2D eigenvalue weighted by Gasteiger charge is 2.24. The second-order valence-electron chi connectivity index (χ2n) is 5.66. The Bertz CT molecular complexity index is 377. The van der Waals surface area contributed by atoms with Gasteiger partial charge in [0.05, 0.1) is 7.11 Å². The Hall–Kier alpha value is -1.02. The maximum Gasteiger partial charge on any atom is 0.119 e. The first-order valence-electron chi connectivity index (χ1n) is 7.69. The van der Waals surface area contributed by atoms with Crippen molar-refractivity contribution in [3.8, 4) is 5.75 Å². The lowest BCUT2D eigenvalue weighted by Crippen LogP contribution is -2.39. The molecule has 1 N–H and O–H groups in total. The number of ether oxygens (including phenoxy) is 1. The molecule has 1 aromatic carbocycles. The zero-order valence-corrected chi connectivity index (χ0v) is 12.3. The summed E-state index contributed by atoms with van der Waals surface area (Å²) < 4.78 is 5.32. The van der Waals surface area contributed by atoms with Crippen LogP contribution in [0.2, 0.25) is 0 Å². The maximum atomic E-state index is 5.32. The molecule has 2 atom stereocenters. The van der Waals surface area contributed by atoms with Gasteiger partial charge < -0.3 is 10.1 Å². The predicted octanol–water partition coefficient (Wildman–Crippen LogP) is 3.80. The van der Waals surface area contributed by atoms with Gasteiger partial charge in [0.25, 0.3) is 0 Å². The third-order valence-electron chi connectivity index (χ3n) is 4.20. The Morgan fingerprint density at radius 2 is 2.11 bits per heavy atom. The lowest BCUT2D eigenvalue weighted by atomic mass is 9.80. The first-order valence-corrected chi connectivity index (χ1v) is 7.69. The number of hydrogen-bond acceptors (Lipinski definition) is 2. The fourth-order valence-electron chi connectivity index (χ4n) is 3.15. The molecule has 0 heterocycles. The number of hydrogen-bond donors (Lipinski definition) is 1. The van der Waals surface area contributed by atoms with Crippen LogP contribution in [-0.4, -0.2) is 19.7 Å². The highest BCUT2D eigenvalue weighted by atomic mass is 16.5. The molecule has 2 nitrogen and oxygen atoms in total. The number of benzene rings is 1. The zero-order chi connectivity index (χ0) is 13.5. The molecule has 1 aliphatic carbocycles. The molecule has 0 aliphatic heterocycles. The lowest BCUT2D eigenvalue weighted by Gasteiger charge is -2.32. The Balaban J connectivity index is 1.97. The molecule has 1 aromatic rings. The van der Waals surface area contributed by atoms with E-state index in [9.17, 15) is 0 Å². The third kappa shape index (κ3) is 4.24. The van der Waals surface area contributed by atoms with Gasteiger partial charge in [-0.1, -0.05) is 31.9 Å². The van der Waals surface area contributed by atoms with E-state index in [1.807, 2.05) is 6.07 Å². The van der Waals surface area contributed by atoms with Crippen LogP contribution in [-0.2, 0) is 6.42 Å². The van der Waals surface area contributed by atoms with E-state index >= 15 is 0 Å². The molecule has 0 saturated heterocycles. The van der Waals surface area contributed by atoms with Crippen molar-refractivity contribution in [3.05, 3.63) is 29.8 Å². The molecule has 0 amide bonds. The van der Waals surface area contributed by atoms with Crippen LogP contribution >= 0.6 is 0 Å². The monoisotopic (exact) mass is 261 g/mol. The molecule has 1 fully saturated rings. The normalized spacial score (nSPS) is 23.3. The first-order chi connectivity index (χ1) is 9.33. The van der Waals surface area contributed by atoms with Crippen molar-refractivity contribution in [3.63, 3.8) is 0 Å². The molecular weight excluding hydrogens is 234 g/mol. The fraction of sp³-hybridized carbons (Fsp3) is 0.647. The van der Waals surface area contributed by atoms with E-state index in [4.69, 9.17) is 4.74 Å². The fourth-order valence-corrected chi connectivity index (χ4v) is 3.15. The summed E-state index contributed by atoms with van der Waals surface area (Å²) in [5.41, 5.74) is 1.41. The molecule has 19 heavy (non-hydrogen) atoms. The van der Waals surface area contributed by atoms with Crippen LogP contribution < -0.4 is 10.1 Å². The van der Waals surface area contributed by atoms with Gasteiger partial charge in [0.1, 0.15) is 5.75 Å². The summed E-state index contributed by atoms with van der Waals surface area (Å²) in [5, 5.41) is 3.74. The minimum atomic E-state index is 0.708. The van der Waals surface area contributed by atoms with Gasteiger partial charge in [0.2, 0.25) is 0 Å². The van der Waals surface area contributed by atoms with Crippen LogP contribution in [0.15, 0.2) is 24.3 Å². The SMILES string of the molecule is CCCNC1CCCCC1Cc1cccc(OC)c1. The van der Waals surface area contributed by atoms with Crippen LogP contribution in [0.25, 0.3) is 0 Å². The second-order valence-corrected chi connectivity index (χ2v) is 5.66. The zero-order valence-electron chi connectivity index (χ0n) is 12.3. The van der Waals surface area contributed by atoms with E-state index in [0.717, 1.165) is 18.2 Å². The van der Waals surface area contributed by atoms with Crippen LogP contribution in [0.5, 0.6) is 5.75 Å². The van der Waals surface area contributed by atoms with Gasteiger partial charge in [-0.15, -0.1) is 0 Å². The first kappa shape index (κ1) is 14.4. The summed E-state index contributed by atoms with van der Waals surface area (Å²) in [6.07, 6.45) is 7.88. The molecule has 106 valence electrons. The van der Waals surface area contributed by atoms with Gasteiger partial charge in [-0.25, -0.2) is 0 Å². The van der Waals surface area contributed by atoms with E-state index in [1.165, 1.54) is 44.1 Å². The molecule has 2 heteroatoms. The number of methoxy groups -OCH3 is 1. The third-order valence-corrected chi connectivity index (χ3v) is 4.20. The topological polar surface area (TPSA) is 21.3 Å². The molecule has 0 aromatic heterocycles. The summed E-state index contributed by atoms with van der Waals surface area (Å²) >= 11 is 0. The van der Waals surface area contributed by atoms with Gasteiger partial charge in [0.15, 0.2) is 0 Å². The second kappa shape index (κ2) is 7.54. The maximum absolute atomic E-state index is 5.32. The summed E-state index contributed by atoms with van der Waals surface area (Å²) in [4.78, 5) is 0. The summed E-state index contributed by atoms with van der Waals surface area (Å²) in [6.45, 7) is 3.40. The predicted molar refractivity (Wildman–Crippen MR) is 80.7 cm³/mol. The van der Waals surface area contributed by atoms with Gasteiger partial charge >= 0.3 is 0 Å². The smallest absolute Gasteiger partial charge is 0.119 e. The van der Waals surface area contributed by atoms with Crippen LogP contribution in [0, 0.1) is 5.92 Å². The molecule has 1 saturated carbocycles. The van der Waals surface area contributed by atoms with E-state index < -0.39 is 0 Å². The summed E-state index contributed by atoms with van der Waals surface area (Å²) in [7, 11) is 1.74. The molecule has 0 bridgehead atoms. The Labute approximate surface area is 117 Å². The standard InChI is InChI=1S/C17H27NO/c1-3-11-18-17-10-5-4-8-15(17)12-14-7-6-9-16(13-14)19-2/h6-7,9,13,15,17-18H,3-5,8,10-12H2,1-2H3. The largest absolute Gasteiger partial charge is 0.497 e. The molecule has 0 spiro atoms. The number of nitrogens with one attached hydrogen (secondary N) is 1. The summed E-state index contributed by atoms with van der Waals surface area (Å²) in [6, 6.07) is 9.25. The quantitative estimate of drug-likeness (QED) is 0.841. The molecule has 2 unspecified atom stereocenters. The number of rotatable bonds is 6. The van der Waals surface area contributed by atoms with Crippen LogP contribution in [0.4, 0.5) is 0 Å². The molecule has 2 rings (SSSR count). The summed E-state index contributed by atoms with van der Waals surface area (Å²) in [5.74, 6) is 1.76. The van der Waals surface area contributed by atoms with Gasteiger partial charge in [-0.05, 0) is 55.8 Å². The average Bonchev–Trinajstić information content (AvgIpc) is 2.46. The Kier molecular flexibility index (Phi) is 5.71. The Morgan fingerprint density at radius 1 is 1.26 bits per heavy atom. The minimum Gasteiger partial charge on any atom is -0.497 e. The average molecular weight is 261 g/mol. The van der Waals surface area contributed by atoms with E-state index in [2.05, 4.69) is 30.4 Å². The van der Waals surface area contributed by atoms with Crippen molar-refractivity contribution >= 4 is 0 Å². The van der Waals surface area contributed by atoms with E-state index in [1.54, 1.807) is 7.11 Å². The van der Waals surface area contributed by atoms with E-state index in [0.29, 0.717) is 6.04 Å². The van der Waals surface area contributed by atoms with Gasteiger partial charge in [0, 0.05) is 6.04 Å². The lowest BCUT2D eigenvalue weighted by molar-refractivity contribution is 0.261. The molecule has 0 radical (unpaired) electrons. The van der Waals surface area contributed by atoms with Crippen LogP contribution in [0.1, 0.15) is 44.6 Å².